The van der Waals surface area contributed by atoms with Crippen LogP contribution in [0.25, 0.3) is 0 Å². The average molecular weight is 416 g/mol. The molecule has 30 heavy (non-hydrogen) atoms. The highest BCUT2D eigenvalue weighted by Crippen LogP contribution is 2.10. The smallest absolute Gasteiger partial charge is 0.321 e. The third-order valence-electron chi connectivity index (χ3n) is 5.66. The minimum absolute atomic E-state index is 0.490. The Morgan fingerprint density at radius 2 is 1.37 bits per heavy atom. The highest BCUT2D eigenvalue weighted by Gasteiger charge is 2.16. The van der Waals surface area contributed by atoms with Crippen LogP contribution < -0.4 is 5.32 Å². The molecule has 0 aliphatic rings. The molecule has 0 bridgehead atoms. The monoisotopic (exact) mass is 415 g/mol. The normalized spacial score (nSPS) is 12.4. The van der Waals surface area contributed by atoms with Gasteiger partial charge in [0.1, 0.15) is 6.04 Å². The van der Waals surface area contributed by atoms with Gasteiger partial charge in [0, 0.05) is 0 Å². The maximum atomic E-state index is 11.4. The molecule has 0 radical (unpaired) electrons. The molecule has 0 spiro atoms. The minimum atomic E-state index is -0.761. The Morgan fingerprint density at radius 1 is 0.833 bits per heavy atom. The lowest BCUT2D eigenvalue weighted by Gasteiger charge is -2.14. The van der Waals surface area contributed by atoms with E-state index in [2.05, 4.69) is 24.4 Å². The molecule has 0 unspecified atom stereocenters. The van der Waals surface area contributed by atoms with E-state index in [9.17, 15) is 9.90 Å². The zero-order valence-electron chi connectivity index (χ0n) is 19.3. The Labute approximate surface area is 185 Å². The van der Waals surface area contributed by atoms with Crippen molar-refractivity contribution in [2.24, 2.45) is 0 Å². The van der Waals surface area contributed by atoms with Crippen molar-refractivity contribution < 1.29 is 9.90 Å². The van der Waals surface area contributed by atoms with Gasteiger partial charge in [-0.1, -0.05) is 107 Å². The van der Waals surface area contributed by atoms with Crippen molar-refractivity contribution in [1.82, 2.24) is 5.32 Å². The molecule has 0 aromatic heterocycles. The van der Waals surface area contributed by atoms with Crippen LogP contribution in [0.4, 0.5) is 0 Å². The Kier molecular flexibility index (Phi) is 17.1. The second-order valence-electron chi connectivity index (χ2n) is 8.47. The fourth-order valence-electron chi connectivity index (χ4n) is 3.75. The molecule has 1 atom stereocenters. The first-order valence-corrected chi connectivity index (χ1v) is 12.4. The summed E-state index contributed by atoms with van der Waals surface area (Å²) in [6.07, 6.45) is 23.4. The Morgan fingerprint density at radius 3 is 1.93 bits per heavy atom. The molecule has 0 fully saturated rings. The molecule has 1 aromatic rings. The van der Waals surface area contributed by atoms with Crippen molar-refractivity contribution in [1.29, 1.82) is 0 Å². The van der Waals surface area contributed by atoms with Crippen LogP contribution in [0.15, 0.2) is 42.5 Å². The predicted octanol–water partition coefficient (Wildman–Crippen LogP) is 7.31. The number of hydrogen-bond donors (Lipinski definition) is 2. The van der Waals surface area contributed by atoms with E-state index in [1.165, 1.54) is 83.5 Å². The fourth-order valence-corrected chi connectivity index (χ4v) is 3.75. The van der Waals surface area contributed by atoms with Crippen LogP contribution in [-0.4, -0.2) is 23.7 Å². The summed E-state index contributed by atoms with van der Waals surface area (Å²) in [6.45, 7) is 3.05. The molecule has 1 aromatic carbocycles. The molecular weight excluding hydrogens is 370 g/mol. The topological polar surface area (TPSA) is 49.3 Å². The molecule has 3 heteroatoms. The van der Waals surface area contributed by atoms with Crippen LogP contribution >= 0.6 is 0 Å². The van der Waals surface area contributed by atoms with Crippen LogP contribution in [0.5, 0.6) is 0 Å². The molecule has 0 aliphatic carbocycles. The molecular formula is C27H45NO2. The second kappa shape index (κ2) is 19.4. The van der Waals surface area contributed by atoms with E-state index in [-0.39, 0.29) is 0 Å². The quantitative estimate of drug-likeness (QED) is 0.173. The highest BCUT2D eigenvalue weighted by atomic mass is 16.4. The van der Waals surface area contributed by atoms with Gasteiger partial charge in [0.2, 0.25) is 0 Å². The van der Waals surface area contributed by atoms with Gasteiger partial charge in [-0.3, -0.25) is 4.79 Å². The van der Waals surface area contributed by atoms with E-state index in [0.717, 1.165) is 18.5 Å². The van der Waals surface area contributed by atoms with Crippen molar-refractivity contribution in [3.05, 3.63) is 48.0 Å². The Hall–Kier alpha value is -1.61. The van der Waals surface area contributed by atoms with Crippen LogP contribution in [0, 0.1) is 0 Å². The number of carbonyl (C=O) groups is 1. The number of carboxylic acid groups (broad SMARTS) is 1. The number of carboxylic acids is 1. The van der Waals surface area contributed by atoms with E-state index in [4.69, 9.17) is 0 Å². The molecule has 170 valence electrons. The van der Waals surface area contributed by atoms with Gasteiger partial charge in [-0.25, -0.2) is 0 Å². The molecule has 0 saturated heterocycles. The SMILES string of the molecule is CCCCCCCC/C=C\CCCCCCCCN[C@@H](Cc1ccccc1)C(=O)O. The molecule has 0 amide bonds. The van der Waals surface area contributed by atoms with Gasteiger partial charge in [0.25, 0.3) is 0 Å². The lowest BCUT2D eigenvalue weighted by Crippen LogP contribution is -2.39. The molecule has 0 saturated carbocycles. The van der Waals surface area contributed by atoms with E-state index in [1.54, 1.807) is 0 Å². The Balaban J connectivity index is 1.90. The van der Waals surface area contributed by atoms with Crippen molar-refractivity contribution in [3.63, 3.8) is 0 Å². The van der Waals surface area contributed by atoms with E-state index in [0.29, 0.717) is 6.42 Å². The van der Waals surface area contributed by atoms with E-state index >= 15 is 0 Å². The summed E-state index contributed by atoms with van der Waals surface area (Å²) in [5.41, 5.74) is 1.07. The van der Waals surface area contributed by atoms with Crippen LogP contribution in [0.2, 0.25) is 0 Å². The summed E-state index contributed by atoms with van der Waals surface area (Å²) in [5.74, 6) is -0.761. The first-order chi connectivity index (χ1) is 14.7. The largest absolute Gasteiger partial charge is 0.480 e. The maximum Gasteiger partial charge on any atom is 0.321 e. The number of unbranched alkanes of at least 4 members (excludes halogenated alkanes) is 12. The molecule has 0 aliphatic heterocycles. The van der Waals surface area contributed by atoms with Crippen molar-refractivity contribution in [2.45, 2.75) is 109 Å². The summed E-state index contributed by atoms with van der Waals surface area (Å²) >= 11 is 0. The Bertz CT molecular complexity index is 541. The van der Waals surface area contributed by atoms with Gasteiger partial charge in [0.05, 0.1) is 0 Å². The van der Waals surface area contributed by atoms with Gasteiger partial charge in [-0.05, 0) is 50.6 Å². The van der Waals surface area contributed by atoms with Crippen molar-refractivity contribution in [3.8, 4) is 0 Å². The van der Waals surface area contributed by atoms with Crippen LogP contribution in [0.1, 0.15) is 102 Å². The predicted molar refractivity (Wildman–Crippen MR) is 129 cm³/mol. The van der Waals surface area contributed by atoms with Gasteiger partial charge in [-0.15, -0.1) is 0 Å². The number of aliphatic carboxylic acids is 1. The summed E-state index contributed by atoms with van der Waals surface area (Å²) < 4.78 is 0. The van der Waals surface area contributed by atoms with Gasteiger partial charge in [-0.2, -0.15) is 0 Å². The zero-order chi connectivity index (χ0) is 21.7. The van der Waals surface area contributed by atoms with E-state index in [1.807, 2.05) is 30.3 Å². The molecule has 2 N–H and O–H groups in total. The average Bonchev–Trinajstić information content (AvgIpc) is 2.75. The number of rotatable bonds is 20. The first kappa shape index (κ1) is 26.4. The van der Waals surface area contributed by atoms with Crippen molar-refractivity contribution in [2.75, 3.05) is 6.54 Å². The van der Waals surface area contributed by atoms with Gasteiger partial charge >= 0.3 is 5.97 Å². The summed E-state index contributed by atoms with van der Waals surface area (Å²) in [6, 6.07) is 9.36. The third-order valence-corrected chi connectivity index (χ3v) is 5.66. The number of hydrogen-bond acceptors (Lipinski definition) is 2. The number of nitrogens with one attached hydrogen (secondary N) is 1. The maximum absolute atomic E-state index is 11.4. The lowest BCUT2D eigenvalue weighted by molar-refractivity contribution is -0.139. The fraction of sp³-hybridized carbons (Fsp3) is 0.667. The lowest BCUT2D eigenvalue weighted by atomic mass is 10.1. The minimum Gasteiger partial charge on any atom is -0.480 e. The molecule has 1 rings (SSSR count). The summed E-state index contributed by atoms with van der Waals surface area (Å²) in [5, 5.41) is 12.6. The second-order valence-corrected chi connectivity index (χ2v) is 8.47. The zero-order valence-corrected chi connectivity index (χ0v) is 19.3. The van der Waals surface area contributed by atoms with Crippen molar-refractivity contribution >= 4 is 5.97 Å². The third kappa shape index (κ3) is 15.3. The van der Waals surface area contributed by atoms with Gasteiger partial charge < -0.3 is 10.4 Å². The standard InChI is InChI=1S/C27H45NO2/c1-2-3-4-5-6-7-8-9-10-11-12-13-14-15-16-20-23-28-26(27(29)30)24-25-21-18-17-19-22-25/h9-10,17-19,21-22,26,28H,2-8,11-16,20,23-24H2,1H3,(H,29,30)/b10-9-/t26-/m0/s1. The summed E-state index contributed by atoms with van der Waals surface area (Å²) in [7, 11) is 0. The molecule has 0 heterocycles. The number of allylic oxidation sites excluding steroid dienone is 2. The van der Waals surface area contributed by atoms with Gasteiger partial charge in [0.15, 0.2) is 0 Å². The number of benzene rings is 1. The summed E-state index contributed by atoms with van der Waals surface area (Å²) in [4.78, 5) is 11.4. The van der Waals surface area contributed by atoms with Crippen LogP contribution in [0.3, 0.4) is 0 Å². The van der Waals surface area contributed by atoms with Crippen LogP contribution in [-0.2, 0) is 11.2 Å². The van der Waals surface area contributed by atoms with E-state index < -0.39 is 12.0 Å². The highest BCUT2D eigenvalue weighted by molar-refractivity contribution is 5.73. The first-order valence-electron chi connectivity index (χ1n) is 12.4. The molecule has 3 nitrogen and oxygen atoms in total.